The van der Waals surface area contributed by atoms with Crippen LogP contribution in [0.5, 0.6) is 5.75 Å². The van der Waals surface area contributed by atoms with Gasteiger partial charge in [0.1, 0.15) is 35.1 Å². The van der Waals surface area contributed by atoms with Crippen molar-refractivity contribution in [3.63, 3.8) is 0 Å². The number of nitrogens with two attached hydrogens (primary N) is 2. The summed E-state index contributed by atoms with van der Waals surface area (Å²) in [7, 11) is 0. The minimum absolute atomic E-state index is 0.0293. The molecule has 0 bridgehead atoms. The van der Waals surface area contributed by atoms with Crippen molar-refractivity contribution in [2.75, 3.05) is 16.8 Å². The maximum Gasteiger partial charge on any atom is 0.211 e. The highest BCUT2D eigenvalue weighted by molar-refractivity contribution is 5.98. The summed E-state index contributed by atoms with van der Waals surface area (Å²) >= 11 is 0. The van der Waals surface area contributed by atoms with Gasteiger partial charge in [-0.3, -0.25) is 5.32 Å². The van der Waals surface area contributed by atoms with Crippen molar-refractivity contribution in [2.45, 2.75) is 25.8 Å². The van der Waals surface area contributed by atoms with Crippen molar-refractivity contribution in [1.82, 2.24) is 10.3 Å². The van der Waals surface area contributed by atoms with Gasteiger partial charge in [-0.15, -0.1) is 0 Å². The topological polar surface area (TPSA) is 169 Å². The largest absolute Gasteiger partial charge is 0.507 e. The van der Waals surface area contributed by atoms with Crippen LogP contribution < -0.4 is 22.1 Å². The summed E-state index contributed by atoms with van der Waals surface area (Å²) < 4.78 is 0. The molecule has 0 fully saturated rings. The second-order valence-electron chi connectivity index (χ2n) is 6.34. The number of nitrogen functional groups attached to an aromatic ring is 2. The molecule has 1 aliphatic rings. The Hall–Kier alpha value is -3.98. The molecule has 1 aromatic carbocycles. The summed E-state index contributed by atoms with van der Waals surface area (Å²) in [5, 5.41) is 34.4. The number of phenolic OH excluding ortho intramolecular Hbond substituents is 1. The van der Waals surface area contributed by atoms with E-state index in [1.807, 2.05) is 32.0 Å². The van der Waals surface area contributed by atoms with Gasteiger partial charge in [0.15, 0.2) is 6.19 Å². The zero-order valence-electron chi connectivity index (χ0n) is 14.8. The number of aromatic hydroxyl groups is 1. The summed E-state index contributed by atoms with van der Waals surface area (Å²) in [5.74, 6) is 0.554. The van der Waals surface area contributed by atoms with Crippen LogP contribution in [0, 0.1) is 22.8 Å². The number of hydrogen-bond acceptors (Lipinski definition) is 9. The molecule has 136 valence electrons. The van der Waals surface area contributed by atoms with E-state index >= 15 is 0 Å². The molecule has 1 atom stereocenters. The second kappa shape index (κ2) is 6.73. The van der Waals surface area contributed by atoms with E-state index in [2.05, 4.69) is 20.6 Å². The summed E-state index contributed by atoms with van der Waals surface area (Å²) in [5.41, 5.74) is 13.9. The Balaban J connectivity index is 2.29. The van der Waals surface area contributed by atoms with E-state index in [1.54, 1.807) is 12.3 Å². The third-order valence-electron chi connectivity index (χ3n) is 4.37. The highest BCUT2D eigenvalue weighted by Crippen LogP contribution is 2.44. The molecule has 9 nitrogen and oxygen atoms in total. The molecule has 0 saturated carbocycles. The van der Waals surface area contributed by atoms with E-state index in [0.29, 0.717) is 11.1 Å². The fourth-order valence-electron chi connectivity index (χ4n) is 3.07. The first-order valence-electron chi connectivity index (χ1n) is 8.19. The zero-order chi connectivity index (χ0) is 19.7. The third kappa shape index (κ3) is 2.92. The van der Waals surface area contributed by atoms with Gasteiger partial charge in [-0.2, -0.15) is 10.5 Å². The monoisotopic (exact) mass is 362 g/mol. The number of rotatable bonds is 2. The number of nitrogens with one attached hydrogen (secondary N) is 2. The van der Waals surface area contributed by atoms with Crippen molar-refractivity contribution in [3.05, 3.63) is 40.5 Å². The number of aliphatic imine (C=N–C) groups is 1. The van der Waals surface area contributed by atoms with Crippen LogP contribution in [0.2, 0.25) is 0 Å². The molecule has 9 heteroatoms. The van der Waals surface area contributed by atoms with Crippen LogP contribution in [-0.2, 0) is 0 Å². The van der Waals surface area contributed by atoms with Crippen molar-refractivity contribution in [2.24, 2.45) is 4.99 Å². The molecular formula is C18H18N8O. The summed E-state index contributed by atoms with van der Waals surface area (Å²) in [6.07, 6.45) is 1.79. The normalized spacial score (nSPS) is 15.1. The first-order valence-corrected chi connectivity index (χ1v) is 8.19. The fourth-order valence-corrected chi connectivity index (χ4v) is 3.07. The van der Waals surface area contributed by atoms with E-state index in [-0.39, 0.29) is 40.5 Å². The molecule has 2 aromatic rings. The van der Waals surface area contributed by atoms with Gasteiger partial charge in [0.25, 0.3) is 0 Å². The minimum Gasteiger partial charge on any atom is -0.507 e. The van der Waals surface area contributed by atoms with Gasteiger partial charge >= 0.3 is 0 Å². The molecule has 0 saturated heterocycles. The standard InChI is InChI=1S/C18H18N8O/c1-8(2)9-4-3-5-10(15(9)27)14-12-13(21)11(6-19)16(22)25-17(12)26-18(24-14)23-7-20/h3-5,8,14,27H,1-2H3,(H6,21,22,23,24,25,26). The number of guanidine groups is 1. The average Bonchev–Trinajstić information content (AvgIpc) is 2.61. The number of para-hydroxylation sites is 1. The Morgan fingerprint density at radius 3 is 2.67 bits per heavy atom. The van der Waals surface area contributed by atoms with E-state index in [1.165, 1.54) is 0 Å². The first-order chi connectivity index (χ1) is 12.9. The van der Waals surface area contributed by atoms with Crippen LogP contribution in [0.4, 0.5) is 17.3 Å². The van der Waals surface area contributed by atoms with Gasteiger partial charge in [0.05, 0.1) is 5.69 Å². The Labute approximate surface area is 156 Å². The average molecular weight is 362 g/mol. The van der Waals surface area contributed by atoms with Crippen molar-refractivity contribution in [1.29, 1.82) is 10.5 Å². The van der Waals surface area contributed by atoms with E-state index in [0.717, 1.165) is 5.56 Å². The lowest BCUT2D eigenvalue weighted by Crippen LogP contribution is -2.32. The molecule has 2 heterocycles. The van der Waals surface area contributed by atoms with Gasteiger partial charge in [0.2, 0.25) is 5.96 Å². The number of aromatic nitrogens is 1. The van der Waals surface area contributed by atoms with E-state index in [4.69, 9.17) is 16.7 Å². The summed E-state index contributed by atoms with van der Waals surface area (Å²) in [6, 6.07) is 6.54. The van der Waals surface area contributed by atoms with Crippen LogP contribution >= 0.6 is 0 Å². The van der Waals surface area contributed by atoms with Crippen LogP contribution in [0.3, 0.4) is 0 Å². The molecule has 1 aliphatic heterocycles. The predicted molar refractivity (Wildman–Crippen MR) is 102 cm³/mol. The number of fused-ring (bicyclic) bond motifs is 1. The summed E-state index contributed by atoms with van der Waals surface area (Å²) in [4.78, 5) is 8.65. The van der Waals surface area contributed by atoms with Gasteiger partial charge in [0, 0.05) is 11.1 Å². The van der Waals surface area contributed by atoms with Gasteiger partial charge in [-0.05, 0) is 11.5 Å². The van der Waals surface area contributed by atoms with Gasteiger partial charge in [-0.1, -0.05) is 32.0 Å². The van der Waals surface area contributed by atoms with Crippen molar-refractivity contribution < 1.29 is 5.11 Å². The summed E-state index contributed by atoms with van der Waals surface area (Å²) in [6.45, 7) is 3.93. The Morgan fingerprint density at radius 1 is 1.30 bits per heavy atom. The van der Waals surface area contributed by atoms with Crippen LogP contribution in [0.1, 0.15) is 48.1 Å². The number of nitrogens with zero attached hydrogens (tertiary/aromatic N) is 4. The molecule has 0 aliphatic carbocycles. The first kappa shape index (κ1) is 17.8. The van der Waals surface area contributed by atoms with Crippen molar-refractivity contribution in [3.8, 4) is 18.0 Å². The molecular weight excluding hydrogens is 344 g/mol. The molecule has 0 spiro atoms. The number of hydrogen-bond donors (Lipinski definition) is 5. The molecule has 0 amide bonds. The number of phenols is 1. The van der Waals surface area contributed by atoms with Crippen LogP contribution in [0.25, 0.3) is 0 Å². The quantitative estimate of drug-likeness (QED) is 0.398. The SMILES string of the molecule is CC(C)c1cccc(C2N=C(NC#N)Nc3nc(N)c(C#N)c(N)c32)c1O. The smallest absolute Gasteiger partial charge is 0.211 e. The second-order valence-corrected chi connectivity index (χ2v) is 6.34. The Morgan fingerprint density at radius 2 is 2.04 bits per heavy atom. The zero-order valence-corrected chi connectivity index (χ0v) is 14.8. The third-order valence-corrected chi connectivity index (χ3v) is 4.37. The Bertz CT molecular complexity index is 1030. The van der Waals surface area contributed by atoms with E-state index in [9.17, 15) is 10.4 Å². The number of pyridine rings is 1. The lowest BCUT2D eigenvalue weighted by molar-refractivity contribution is 0.455. The highest BCUT2D eigenvalue weighted by Gasteiger charge is 2.31. The lowest BCUT2D eigenvalue weighted by Gasteiger charge is -2.27. The minimum atomic E-state index is -0.768. The maximum atomic E-state index is 10.8. The maximum absolute atomic E-state index is 10.8. The lowest BCUT2D eigenvalue weighted by atomic mass is 9.91. The number of benzene rings is 1. The van der Waals surface area contributed by atoms with Crippen LogP contribution in [-0.4, -0.2) is 16.1 Å². The molecule has 27 heavy (non-hydrogen) atoms. The number of nitriles is 2. The van der Waals surface area contributed by atoms with Gasteiger partial charge < -0.3 is 21.9 Å². The van der Waals surface area contributed by atoms with E-state index < -0.39 is 6.04 Å². The molecule has 1 unspecified atom stereocenters. The molecule has 3 rings (SSSR count). The molecule has 1 aromatic heterocycles. The highest BCUT2D eigenvalue weighted by atomic mass is 16.3. The molecule has 0 radical (unpaired) electrons. The van der Waals surface area contributed by atoms with Crippen molar-refractivity contribution >= 4 is 23.3 Å². The predicted octanol–water partition coefficient (Wildman–Crippen LogP) is 1.89. The number of anilines is 3. The van der Waals surface area contributed by atoms with Crippen LogP contribution in [0.15, 0.2) is 23.2 Å². The Kier molecular flexibility index (Phi) is 4.44. The van der Waals surface area contributed by atoms with Gasteiger partial charge in [-0.25, -0.2) is 9.98 Å². The fraction of sp³-hybridized carbons (Fsp3) is 0.222. The molecule has 7 N–H and O–H groups in total.